The number of esters is 1. The number of carbonyl (C=O) groups excluding carboxylic acids is 1. The molecule has 0 N–H and O–H groups in total. The fraction of sp³-hybridized carbons (Fsp3) is 0.700. The fourth-order valence-electron chi connectivity index (χ4n) is 1.07. The summed E-state index contributed by atoms with van der Waals surface area (Å²) in [5.41, 5.74) is 0.108. The van der Waals surface area contributed by atoms with Gasteiger partial charge in [-0.1, -0.05) is 26.3 Å². The Morgan fingerprint density at radius 2 is 1.93 bits per heavy atom. The van der Waals surface area contributed by atoms with E-state index >= 15 is 0 Å². The van der Waals surface area contributed by atoms with Crippen LogP contribution in [0.1, 0.15) is 39.5 Å². The number of ether oxygens (including phenoxy) is 1. The third-order valence-electron chi connectivity index (χ3n) is 1.72. The average molecular weight is 224 g/mol. The van der Waals surface area contributed by atoms with Crippen molar-refractivity contribution in [2.75, 3.05) is 0 Å². The first-order chi connectivity index (χ1) is 6.90. The number of carbonyl (C=O) groups is 1. The number of hydrogen-bond donors (Lipinski definition) is 0. The normalized spacial score (nSPS) is 12.7. The smallest absolute Gasteiger partial charge is 0.369 e. The topological polar surface area (TPSA) is 26.3 Å². The molecule has 0 heterocycles. The van der Waals surface area contributed by atoms with E-state index in [1.165, 1.54) is 6.08 Å². The zero-order valence-corrected chi connectivity index (χ0v) is 8.86. The van der Waals surface area contributed by atoms with Gasteiger partial charge in [0, 0.05) is 5.57 Å². The lowest BCUT2D eigenvalue weighted by atomic mass is 10.1. The molecule has 5 heteroatoms. The van der Waals surface area contributed by atoms with E-state index < -0.39 is 12.3 Å². The highest BCUT2D eigenvalue weighted by atomic mass is 19.4. The molecule has 0 radical (unpaired) electrons. The summed E-state index contributed by atoms with van der Waals surface area (Å²) in [6.45, 7) is 3.66. The maximum atomic E-state index is 11.8. The van der Waals surface area contributed by atoms with Crippen molar-refractivity contribution in [1.29, 1.82) is 0 Å². The highest BCUT2D eigenvalue weighted by Crippen LogP contribution is 2.20. The summed E-state index contributed by atoms with van der Waals surface area (Å²) < 4.78 is 38.6. The lowest BCUT2D eigenvalue weighted by Gasteiger charge is -2.09. The number of alkyl halides is 3. The van der Waals surface area contributed by atoms with E-state index in [9.17, 15) is 18.0 Å². The number of halogens is 3. The molecule has 0 unspecified atom stereocenters. The number of hydrogen-bond acceptors (Lipinski definition) is 2. The van der Waals surface area contributed by atoms with Crippen molar-refractivity contribution >= 4 is 5.97 Å². The molecule has 0 aromatic rings. The van der Waals surface area contributed by atoms with Gasteiger partial charge in [0.05, 0.1) is 0 Å². The Labute approximate surface area is 87.1 Å². The third kappa shape index (κ3) is 6.99. The number of unbranched alkanes of at least 4 members (excludes halogenated alkanes) is 1. The Hall–Kier alpha value is -1.00. The quantitative estimate of drug-likeness (QED) is 0.527. The first-order valence-electron chi connectivity index (χ1n) is 4.89. The van der Waals surface area contributed by atoms with Crippen molar-refractivity contribution in [1.82, 2.24) is 0 Å². The van der Waals surface area contributed by atoms with E-state index in [1.807, 2.05) is 6.92 Å². The summed E-state index contributed by atoms with van der Waals surface area (Å²) in [7, 11) is 0. The lowest BCUT2D eigenvalue weighted by Crippen LogP contribution is -2.20. The van der Waals surface area contributed by atoms with Gasteiger partial charge in [0.1, 0.15) is 0 Å². The van der Waals surface area contributed by atoms with Crippen LogP contribution < -0.4 is 0 Å². The van der Waals surface area contributed by atoms with Gasteiger partial charge >= 0.3 is 12.3 Å². The maximum absolute atomic E-state index is 11.8. The first-order valence-corrected chi connectivity index (χ1v) is 4.89. The van der Waals surface area contributed by atoms with Crippen LogP contribution in [0.15, 0.2) is 11.6 Å². The highest BCUT2D eigenvalue weighted by Gasteiger charge is 2.34. The molecule has 0 bridgehead atoms. The zero-order valence-electron chi connectivity index (χ0n) is 8.86. The Bertz CT molecular complexity index is 231. The highest BCUT2D eigenvalue weighted by molar-refractivity contribution is 5.88. The standard InChI is InChI=1S/C10H15F3O2/c1-3-5-7-8(6-4-2)9(14)15-10(11,12)13/h6H,3-5,7H2,1-2H3. The summed E-state index contributed by atoms with van der Waals surface area (Å²) in [6, 6.07) is 0. The second kappa shape index (κ2) is 6.48. The Morgan fingerprint density at radius 1 is 1.33 bits per heavy atom. The maximum Gasteiger partial charge on any atom is 0.575 e. The predicted octanol–water partition coefficient (Wildman–Crippen LogP) is 3.58. The van der Waals surface area contributed by atoms with Crippen LogP contribution in [0, 0.1) is 0 Å². The van der Waals surface area contributed by atoms with Crippen LogP contribution in [0.2, 0.25) is 0 Å². The van der Waals surface area contributed by atoms with Gasteiger partial charge in [-0.3, -0.25) is 0 Å². The van der Waals surface area contributed by atoms with Crippen molar-refractivity contribution < 1.29 is 22.7 Å². The van der Waals surface area contributed by atoms with E-state index in [2.05, 4.69) is 4.74 Å². The molecular weight excluding hydrogens is 209 g/mol. The van der Waals surface area contributed by atoms with Crippen molar-refractivity contribution in [3.05, 3.63) is 11.6 Å². The van der Waals surface area contributed by atoms with Gasteiger partial charge in [-0.15, -0.1) is 13.2 Å². The minimum atomic E-state index is -4.89. The minimum absolute atomic E-state index is 0.108. The molecule has 0 aliphatic heterocycles. The molecule has 0 spiro atoms. The van der Waals surface area contributed by atoms with Crippen LogP contribution in [0.5, 0.6) is 0 Å². The van der Waals surface area contributed by atoms with E-state index in [1.54, 1.807) is 6.92 Å². The molecule has 0 aliphatic rings. The van der Waals surface area contributed by atoms with Crippen molar-refractivity contribution in [2.24, 2.45) is 0 Å². The SMILES string of the molecule is CCC=C(CCCC)C(=O)OC(F)(F)F. The summed E-state index contributed by atoms with van der Waals surface area (Å²) in [5.74, 6) is -1.28. The fourth-order valence-corrected chi connectivity index (χ4v) is 1.07. The van der Waals surface area contributed by atoms with E-state index in [0.717, 1.165) is 6.42 Å². The first kappa shape index (κ1) is 14.0. The molecule has 0 aromatic heterocycles. The molecule has 0 saturated heterocycles. The van der Waals surface area contributed by atoms with Gasteiger partial charge in [-0.2, -0.15) is 0 Å². The van der Waals surface area contributed by atoms with Gasteiger partial charge in [0.25, 0.3) is 0 Å². The van der Waals surface area contributed by atoms with E-state index in [0.29, 0.717) is 19.3 Å². The minimum Gasteiger partial charge on any atom is -0.369 e. The van der Waals surface area contributed by atoms with E-state index in [-0.39, 0.29) is 5.57 Å². The van der Waals surface area contributed by atoms with Crippen LogP contribution in [-0.2, 0) is 9.53 Å². The molecule has 0 saturated carbocycles. The Balaban J connectivity index is 4.37. The van der Waals surface area contributed by atoms with Crippen LogP contribution in [0.3, 0.4) is 0 Å². The van der Waals surface area contributed by atoms with Crippen LogP contribution in [-0.4, -0.2) is 12.3 Å². The van der Waals surface area contributed by atoms with Gasteiger partial charge in [0.15, 0.2) is 0 Å². The monoisotopic (exact) mass is 224 g/mol. The van der Waals surface area contributed by atoms with Crippen LogP contribution in [0.4, 0.5) is 13.2 Å². The molecule has 15 heavy (non-hydrogen) atoms. The molecule has 0 aliphatic carbocycles. The largest absolute Gasteiger partial charge is 0.575 e. The van der Waals surface area contributed by atoms with Gasteiger partial charge in [-0.25, -0.2) is 4.79 Å². The summed E-state index contributed by atoms with van der Waals surface area (Å²) in [4.78, 5) is 11.0. The summed E-state index contributed by atoms with van der Waals surface area (Å²) in [6.07, 6.45) is -1.07. The van der Waals surface area contributed by atoms with Crippen molar-refractivity contribution in [3.63, 3.8) is 0 Å². The average Bonchev–Trinajstić information content (AvgIpc) is 2.09. The van der Waals surface area contributed by atoms with E-state index in [4.69, 9.17) is 0 Å². The van der Waals surface area contributed by atoms with Gasteiger partial charge < -0.3 is 4.74 Å². The molecule has 0 rings (SSSR count). The third-order valence-corrected chi connectivity index (χ3v) is 1.72. The van der Waals surface area contributed by atoms with Crippen LogP contribution >= 0.6 is 0 Å². The molecule has 2 nitrogen and oxygen atoms in total. The summed E-state index contributed by atoms with van der Waals surface area (Å²) in [5, 5.41) is 0. The second-order valence-corrected chi connectivity index (χ2v) is 3.08. The van der Waals surface area contributed by atoms with Gasteiger partial charge in [0.2, 0.25) is 0 Å². The molecule has 0 atom stereocenters. The summed E-state index contributed by atoms with van der Waals surface area (Å²) >= 11 is 0. The molecular formula is C10H15F3O2. The molecule has 0 fully saturated rings. The molecule has 0 aromatic carbocycles. The number of allylic oxidation sites excluding steroid dienone is 1. The predicted molar refractivity (Wildman–Crippen MR) is 50.0 cm³/mol. The van der Waals surface area contributed by atoms with Crippen LogP contribution in [0.25, 0.3) is 0 Å². The molecule has 88 valence electrons. The number of rotatable bonds is 5. The molecule has 0 amide bonds. The van der Waals surface area contributed by atoms with Gasteiger partial charge in [-0.05, 0) is 19.3 Å². The zero-order chi connectivity index (χ0) is 11.9. The second-order valence-electron chi connectivity index (χ2n) is 3.08. The lowest BCUT2D eigenvalue weighted by molar-refractivity contribution is -0.303. The van der Waals surface area contributed by atoms with Crippen molar-refractivity contribution in [3.8, 4) is 0 Å². The Kier molecular flexibility index (Phi) is 6.05. The van der Waals surface area contributed by atoms with Crippen molar-refractivity contribution in [2.45, 2.75) is 45.9 Å². The Morgan fingerprint density at radius 3 is 2.33 bits per heavy atom.